The number of nitrogens with zero attached hydrogens (tertiary/aromatic N) is 3. The van der Waals surface area contributed by atoms with Gasteiger partial charge in [0.05, 0.1) is 10.2 Å². The Morgan fingerprint density at radius 3 is 2.54 bits per heavy atom. The maximum atomic E-state index is 5.15. The topological polar surface area (TPSA) is 50.7 Å². The average molecular weight is 415 g/mol. The van der Waals surface area contributed by atoms with E-state index in [1.165, 1.54) is 33.3 Å². The van der Waals surface area contributed by atoms with Crippen molar-refractivity contribution in [2.24, 2.45) is 11.8 Å². The van der Waals surface area contributed by atoms with Crippen LogP contribution in [0.5, 0.6) is 0 Å². The van der Waals surface area contributed by atoms with Gasteiger partial charge >= 0.3 is 0 Å². The Morgan fingerprint density at radius 2 is 1.82 bits per heavy atom. The summed E-state index contributed by atoms with van der Waals surface area (Å²) in [5, 5.41) is 5.73. The molecule has 0 aromatic carbocycles. The normalized spacial score (nSPS) is 14.0. The third-order valence-corrected chi connectivity index (χ3v) is 7.02. The van der Waals surface area contributed by atoms with Crippen LogP contribution in [-0.4, -0.2) is 27.8 Å². The van der Waals surface area contributed by atoms with Gasteiger partial charge in [0.2, 0.25) is 0 Å². The zero-order valence-electron chi connectivity index (χ0n) is 17.6. The van der Waals surface area contributed by atoms with E-state index in [1.807, 2.05) is 0 Å². The lowest BCUT2D eigenvalue weighted by molar-refractivity contribution is 0.606. The fraction of sp³-hybridized carbons (Fsp3) is 0.591. The van der Waals surface area contributed by atoms with Gasteiger partial charge in [0.15, 0.2) is 5.16 Å². The SMILES string of the molecule is CSc1nc(NCCC(C)C)c2sc3nc(CC(C)C)c4c(c3c2n1)CCC4. The van der Waals surface area contributed by atoms with E-state index in [9.17, 15) is 0 Å². The molecule has 4 rings (SSSR count). The van der Waals surface area contributed by atoms with Gasteiger partial charge in [-0.2, -0.15) is 0 Å². The number of thioether (sulfide) groups is 1. The summed E-state index contributed by atoms with van der Waals surface area (Å²) in [4.78, 5) is 16.0. The van der Waals surface area contributed by atoms with E-state index in [0.717, 1.165) is 53.5 Å². The molecule has 0 saturated heterocycles. The molecule has 0 aliphatic heterocycles. The van der Waals surface area contributed by atoms with Crippen molar-refractivity contribution in [1.82, 2.24) is 15.0 Å². The number of aryl methyl sites for hydroxylation is 1. The predicted octanol–water partition coefficient (Wildman–Crippen LogP) is 6.11. The molecule has 0 amide bonds. The molecule has 28 heavy (non-hydrogen) atoms. The molecule has 0 radical (unpaired) electrons. The molecular weight excluding hydrogens is 384 g/mol. The first-order chi connectivity index (χ1) is 13.5. The Kier molecular flexibility index (Phi) is 5.79. The van der Waals surface area contributed by atoms with Crippen LogP contribution in [0.1, 0.15) is 57.4 Å². The van der Waals surface area contributed by atoms with E-state index in [1.54, 1.807) is 23.1 Å². The standard InChI is InChI=1S/C22H30N4S2/c1-12(2)9-10-23-20-19-18(25-22(26-20)27-5)17-15-8-6-7-14(15)16(11-13(3)4)24-21(17)28-19/h12-13H,6-11H2,1-5H3,(H,23,25,26). The van der Waals surface area contributed by atoms with Gasteiger partial charge in [-0.25, -0.2) is 15.0 Å². The maximum absolute atomic E-state index is 5.15. The van der Waals surface area contributed by atoms with Crippen molar-refractivity contribution in [1.29, 1.82) is 0 Å². The Labute approximate surface area is 176 Å². The first kappa shape index (κ1) is 19.9. The van der Waals surface area contributed by atoms with Gasteiger partial charge in [-0.15, -0.1) is 11.3 Å². The summed E-state index contributed by atoms with van der Waals surface area (Å²) >= 11 is 3.38. The van der Waals surface area contributed by atoms with E-state index in [-0.39, 0.29) is 0 Å². The highest BCUT2D eigenvalue weighted by Gasteiger charge is 2.25. The largest absolute Gasteiger partial charge is 0.369 e. The smallest absolute Gasteiger partial charge is 0.189 e. The molecule has 0 unspecified atom stereocenters. The second kappa shape index (κ2) is 8.15. The van der Waals surface area contributed by atoms with Crippen LogP contribution in [0.2, 0.25) is 0 Å². The zero-order chi connectivity index (χ0) is 19.8. The van der Waals surface area contributed by atoms with E-state index >= 15 is 0 Å². The van der Waals surface area contributed by atoms with Gasteiger partial charge in [-0.1, -0.05) is 39.5 Å². The third kappa shape index (κ3) is 3.73. The van der Waals surface area contributed by atoms with Crippen LogP contribution in [0.25, 0.3) is 20.4 Å². The molecule has 0 fully saturated rings. The van der Waals surface area contributed by atoms with E-state index in [4.69, 9.17) is 15.0 Å². The van der Waals surface area contributed by atoms with Crippen molar-refractivity contribution in [3.8, 4) is 0 Å². The van der Waals surface area contributed by atoms with Crippen LogP contribution in [0.4, 0.5) is 5.82 Å². The van der Waals surface area contributed by atoms with Crippen molar-refractivity contribution >= 4 is 49.3 Å². The van der Waals surface area contributed by atoms with Crippen molar-refractivity contribution < 1.29 is 0 Å². The van der Waals surface area contributed by atoms with Crippen LogP contribution in [-0.2, 0) is 19.3 Å². The second-order valence-corrected chi connectivity index (χ2v) is 10.4. The number of hydrogen-bond acceptors (Lipinski definition) is 6. The van der Waals surface area contributed by atoms with Gasteiger partial charge in [-0.05, 0) is 61.3 Å². The molecule has 150 valence electrons. The molecule has 3 aromatic heterocycles. The lowest BCUT2D eigenvalue weighted by Gasteiger charge is -2.11. The minimum Gasteiger partial charge on any atom is -0.369 e. The maximum Gasteiger partial charge on any atom is 0.189 e. The molecule has 1 aliphatic carbocycles. The number of thiophene rings is 1. The molecule has 4 nitrogen and oxygen atoms in total. The average Bonchev–Trinajstić information content (AvgIpc) is 3.25. The summed E-state index contributed by atoms with van der Waals surface area (Å²) in [5.74, 6) is 2.28. The molecule has 3 heterocycles. The van der Waals surface area contributed by atoms with E-state index in [0.29, 0.717) is 11.8 Å². The van der Waals surface area contributed by atoms with E-state index < -0.39 is 0 Å². The highest BCUT2D eigenvalue weighted by molar-refractivity contribution is 7.98. The van der Waals surface area contributed by atoms with Crippen LogP contribution in [0.15, 0.2) is 5.16 Å². The Bertz CT molecular complexity index is 1010. The number of hydrogen-bond donors (Lipinski definition) is 1. The zero-order valence-corrected chi connectivity index (χ0v) is 19.2. The van der Waals surface area contributed by atoms with Gasteiger partial charge in [-0.3, -0.25) is 0 Å². The first-order valence-electron chi connectivity index (χ1n) is 10.4. The summed E-state index contributed by atoms with van der Waals surface area (Å²) in [7, 11) is 0. The predicted molar refractivity (Wildman–Crippen MR) is 123 cm³/mol. The lowest BCUT2D eigenvalue weighted by atomic mass is 9.99. The highest BCUT2D eigenvalue weighted by Crippen LogP contribution is 2.42. The van der Waals surface area contributed by atoms with Crippen LogP contribution < -0.4 is 5.32 Å². The van der Waals surface area contributed by atoms with Crippen LogP contribution in [0, 0.1) is 11.8 Å². The summed E-state index contributed by atoms with van der Waals surface area (Å²) in [6.07, 6.45) is 7.80. The minimum absolute atomic E-state index is 0.625. The second-order valence-electron chi connectivity index (χ2n) is 8.60. The Hall–Kier alpha value is -1.40. The minimum atomic E-state index is 0.625. The summed E-state index contributed by atoms with van der Waals surface area (Å²) in [6.45, 7) is 10.0. The monoisotopic (exact) mass is 414 g/mol. The highest BCUT2D eigenvalue weighted by atomic mass is 32.2. The van der Waals surface area contributed by atoms with Crippen LogP contribution in [0.3, 0.4) is 0 Å². The number of fused-ring (bicyclic) bond motifs is 5. The number of pyridine rings is 1. The van der Waals surface area contributed by atoms with Crippen molar-refractivity contribution in [2.75, 3.05) is 18.1 Å². The molecule has 6 heteroatoms. The fourth-order valence-corrected chi connectivity index (χ4v) is 5.56. The molecule has 0 bridgehead atoms. The van der Waals surface area contributed by atoms with Crippen molar-refractivity contribution in [3.05, 3.63) is 16.8 Å². The lowest BCUT2D eigenvalue weighted by Crippen LogP contribution is -2.07. The summed E-state index contributed by atoms with van der Waals surface area (Å²) in [6, 6.07) is 0. The van der Waals surface area contributed by atoms with E-state index in [2.05, 4.69) is 39.3 Å². The van der Waals surface area contributed by atoms with Crippen molar-refractivity contribution in [2.45, 2.75) is 65.0 Å². The number of rotatable bonds is 7. The number of aromatic nitrogens is 3. The summed E-state index contributed by atoms with van der Waals surface area (Å²) in [5.41, 5.74) is 5.42. The molecule has 0 spiro atoms. The van der Waals surface area contributed by atoms with Crippen molar-refractivity contribution in [3.63, 3.8) is 0 Å². The molecule has 1 N–H and O–H groups in total. The van der Waals surface area contributed by atoms with Gasteiger partial charge in [0.25, 0.3) is 0 Å². The Balaban J connectivity index is 1.89. The van der Waals surface area contributed by atoms with Gasteiger partial charge in [0.1, 0.15) is 10.6 Å². The molecule has 3 aromatic rings. The molecule has 0 atom stereocenters. The number of anilines is 1. The molecule has 0 saturated carbocycles. The fourth-order valence-electron chi connectivity index (χ4n) is 4.07. The summed E-state index contributed by atoms with van der Waals surface area (Å²) < 4.78 is 1.17. The van der Waals surface area contributed by atoms with Gasteiger partial charge in [0, 0.05) is 17.6 Å². The Morgan fingerprint density at radius 1 is 1.04 bits per heavy atom. The first-order valence-corrected chi connectivity index (χ1v) is 12.4. The quantitative estimate of drug-likeness (QED) is 0.373. The third-order valence-electron chi connectivity index (χ3n) is 5.40. The molecular formula is C22H30N4S2. The van der Waals surface area contributed by atoms with Crippen LogP contribution >= 0.6 is 23.1 Å². The molecule has 1 aliphatic rings. The number of nitrogens with one attached hydrogen (secondary N) is 1. The van der Waals surface area contributed by atoms with Gasteiger partial charge < -0.3 is 5.32 Å².